The molecule has 3 rings (SSSR count). The van der Waals surface area contributed by atoms with Gasteiger partial charge in [0.15, 0.2) is 0 Å². The summed E-state index contributed by atoms with van der Waals surface area (Å²) in [4.78, 5) is 12.2. The molecule has 0 bridgehead atoms. The maximum absolute atomic E-state index is 12.6. The minimum atomic E-state index is -3.80. The zero-order valence-electron chi connectivity index (χ0n) is 13.6. The summed E-state index contributed by atoms with van der Waals surface area (Å²) >= 11 is 0. The van der Waals surface area contributed by atoms with Crippen LogP contribution in [0.3, 0.4) is 0 Å². The van der Waals surface area contributed by atoms with Gasteiger partial charge in [-0.05, 0) is 44.0 Å². The van der Waals surface area contributed by atoms with Gasteiger partial charge in [0, 0.05) is 12.7 Å². The normalized spacial score (nSPS) is 11.8. The van der Waals surface area contributed by atoms with Crippen LogP contribution in [0.2, 0.25) is 0 Å². The van der Waals surface area contributed by atoms with Crippen LogP contribution in [0.1, 0.15) is 18.1 Å². The van der Waals surface area contributed by atoms with Gasteiger partial charge in [0.25, 0.3) is 15.6 Å². The number of fused-ring (bicyclic) bond motifs is 1. The molecule has 0 unspecified atom stereocenters. The van der Waals surface area contributed by atoms with Gasteiger partial charge in [0.2, 0.25) is 0 Å². The van der Waals surface area contributed by atoms with Crippen LogP contribution in [0.4, 0.5) is 5.69 Å². The highest BCUT2D eigenvalue weighted by atomic mass is 32.2. The molecule has 0 aliphatic rings. The molecule has 0 saturated heterocycles. The summed E-state index contributed by atoms with van der Waals surface area (Å²) in [7, 11) is -3.80. The Morgan fingerprint density at radius 1 is 1.25 bits per heavy atom. The minimum Gasteiger partial charge on any atom is -0.300 e. The van der Waals surface area contributed by atoms with Crippen molar-refractivity contribution >= 4 is 21.2 Å². The van der Waals surface area contributed by atoms with Crippen molar-refractivity contribution in [1.82, 2.24) is 14.2 Å². The van der Waals surface area contributed by atoms with Crippen LogP contribution >= 0.6 is 0 Å². The van der Waals surface area contributed by atoms with E-state index in [0.29, 0.717) is 12.2 Å². The van der Waals surface area contributed by atoms with Crippen LogP contribution in [0.25, 0.3) is 5.52 Å². The molecule has 0 spiro atoms. The van der Waals surface area contributed by atoms with E-state index in [-0.39, 0.29) is 16.0 Å². The number of nitrogens with one attached hydrogen (secondary N) is 1. The molecule has 1 N–H and O–H groups in total. The molecule has 0 radical (unpaired) electrons. The van der Waals surface area contributed by atoms with E-state index in [9.17, 15) is 13.2 Å². The van der Waals surface area contributed by atoms with Gasteiger partial charge >= 0.3 is 0 Å². The summed E-state index contributed by atoms with van der Waals surface area (Å²) in [6.07, 6.45) is 2.81. The van der Waals surface area contributed by atoms with Crippen LogP contribution in [-0.2, 0) is 16.6 Å². The third-order valence-electron chi connectivity index (χ3n) is 4.05. The Hall–Kier alpha value is -2.61. The summed E-state index contributed by atoms with van der Waals surface area (Å²) < 4.78 is 30.6. The van der Waals surface area contributed by atoms with E-state index in [2.05, 4.69) is 9.82 Å². The summed E-state index contributed by atoms with van der Waals surface area (Å²) in [5.41, 5.74) is 2.32. The van der Waals surface area contributed by atoms with Crippen molar-refractivity contribution in [3.63, 3.8) is 0 Å². The fraction of sp³-hybridized carbons (Fsp3) is 0.250. The van der Waals surface area contributed by atoms with Gasteiger partial charge in [-0.25, -0.2) is 13.1 Å². The zero-order chi connectivity index (χ0) is 17.5. The molecule has 0 aliphatic heterocycles. The third-order valence-corrected chi connectivity index (χ3v) is 5.38. The quantitative estimate of drug-likeness (QED) is 0.782. The SMILES string of the molecule is CCn1ncn2cc(S(=O)(=O)Nc3cccc(C)c3C)cc2c1=O. The van der Waals surface area contributed by atoms with Crippen LogP contribution in [-0.4, -0.2) is 22.6 Å². The van der Waals surface area contributed by atoms with Gasteiger partial charge in [-0.3, -0.25) is 13.9 Å². The number of hydrogen-bond acceptors (Lipinski definition) is 4. The highest BCUT2D eigenvalue weighted by Crippen LogP contribution is 2.22. The first-order valence-corrected chi connectivity index (χ1v) is 8.98. The largest absolute Gasteiger partial charge is 0.300 e. The van der Waals surface area contributed by atoms with Gasteiger partial charge in [-0.15, -0.1) is 0 Å². The lowest BCUT2D eigenvalue weighted by molar-refractivity contribution is 0.600. The predicted octanol–water partition coefficient (Wildman–Crippen LogP) is 1.93. The predicted molar refractivity (Wildman–Crippen MR) is 91.9 cm³/mol. The van der Waals surface area contributed by atoms with Crippen molar-refractivity contribution in [1.29, 1.82) is 0 Å². The Morgan fingerprint density at radius 3 is 2.71 bits per heavy atom. The Bertz CT molecular complexity index is 1080. The number of rotatable bonds is 4. The Balaban J connectivity index is 2.07. The Morgan fingerprint density at radius 2 is 2.00 bits per heavy atom. The smallest absolute Gasteiger partial charge is 0.291 e. The summed E-state index contributed by atoms with van der Waals surface area (Å²) in [6.45, 7) is 5.99. The molecule has 7 nitrogen and oxygen atoms in total. The average molecular weight is 346 g/mol. The summed E-state index contributed by atoms with van der Waals surface area (Å²) in [6, 6.07) is 6.78. The molecular weight excluding hydrogens is 328 g/mol. The Kier molecular flexibility index (Phi) is 3.92. The van der Waals surface area contributed by atoms with Crippen molar-refractivity contribution in [2.24, 2.45) is 0 Å². The van der Waals surface area contributed by atoms with Gasteiger partial charge in [-0.2, -0.15) is 5.10 Å². The first kappa shape index (κ1) is 16.3. The van der Waals surface area contributed by atoms with Crippen molar-refractivity contribution in [3.05, 3.63) is 58.3 Å². The topological polar surface area (TPSA) is 85.5 Å². The van der Waals surface area contributed by atoms with Crippen LogP contribution in [0, 0.1) is 13.8 Å². The second kappa shape index (κ2) is 5.79. The standard InChI is InChI=1S/C16H18N4O3S/c1-4-20-16(21)15-8-13(9-19(15)10-17-20)24(22,23)18-14-7-5-6-11(2)12(14)3/h5-10,18H,4H2,1-3H3. The van der Waals surface area contributed by atoms with Gasteiger partial charge < -0.3 is 0 Å². The molecule has 1 aromatic carbocycles. The molecule has 2 aromatic heterocycles. The van der Waals surface area contributed by atoms with Crippen LogP contribution in [0.15, 0.2) is 46.5 Å². The van der Waals surface area contributed by atoms with Crippen molar-refractivity contribution in [3.8, 4) is 0 Å². The molecule has 3 aromatic rings. The molecule has 0 aliphatic carbocycles. The number of benzene rings is 1. The molecular formula is C16H18N4O3S. The van der Waals surface area contributed by atoms with Gasteiger partial charge in [0.05, 0.1) is 5.69 Å². The number of hydrogen-bond donors (Lipinski definition) is 1. The fourth-order valence-electron chi connectivity index (χ4n) is 2.46. The zero-order valence-corrected chi connectivity index (χ0v) is 14.5. The van der Waals surface area contributed by atoms with Crippen molar-refractivity contribution < 1.29 is 8.42 Å². The first-order chi connectivity index (χ1) is 11.3. The molecule has 126 valence electrons. The maximum atomic E-state index is 12.6. The second-order valence-corrected chi connectivity index (χ2v) is 7.26. The highest BCUT2D eigenvalue weighted by Gasteiger charge is 2.19. The summed E-state index contributed by atoms with van der Waals surface area (Å²) in [5.74, 6) is 0. The molecule has 0 amide bonds. The molecule has 24 heavy (non-hydrogen) atoms. The first-order valence-electron chi connectivity index (χ1n) is 7.50. The second-order valence-electron chi connectivity index (χ2n) is 5.57. The Labute approximate surface area is 139 Å². The van der Waals surface area contributed by atoms with E-state index in [1.807, 2.05) is 19.9 Å². The van der Waals surface area contributed by atoms with Gasteiger partial charge in [0.1, 0.15) is 16.7 Å². The molecule has 2 heterocycles. The lowest BCUT2D eigenvalue weighted by atomic mass is 10.1. The lowest BCUT2D eigenvalue weighted by Gasteiger charge is -2.11. The van der Waals surface area contributed by atoms with E-state index in [1.54, 1.807) is 19.1 Å². The van der Waals surface area contributed by atoms with Crippen molar-refractivity contribution in [2.45, 2.75) is 32.2 Å². The van der Waals surface area contributed by atoms with Crippen molar-refractivity contribution in [2.75, 3.05) is 4.72 Å². The monoisotopic (exact) mass is 346 g/mol. The molecule has 0 saturated carbocycles. The van der Waals surface area contributed by atoms with E-state index < -0.39 is 10.0 Å². The number of aryl methyl sites for hydroxylation is 2. The van der Waals surface area contributed by atoms with Gasteiger partial charge in [-0.1, -0.05) is 12.1 Å². The summed E-state index contributed by atoms with van der Waals surface area (Å²) in [5, 5.41) is 3.98. The number of nitrogens with zero attached hydrogens (tertiary/aromatic N) is 3. The third kappa shape index (κ3) is 2.69. The number of sulfonamides is 1. The molecule has 8 heteroatoms. The number of anilines is 1. The average Bonchev–Trinajstić information content (AvgIpc) is 2.98. The van der Waals surface area contributed by atoms with Crippen LogP contribution in [0.5, 0.6) is 0 Å². The molecule has 0 atom stereocenters. The maximum Gasteiger partial charge on any atom is 0.291 e. The minimum absolute atomic E-state index is 0.0242. The van der Waals surface area contributed by atoms with E-state index in [0.717, 1.165) is 11.1 Å². The van der Waals surface area contributed by atoms with E-state index >= 15 is 0 Å². The fourth-order valence-corrected chi connectivity index (χ4v) is 3.61. The molecule has 0 fully saturated rings. The van der Waals surface area contributed by atoms with Crippen LogP contribution < -0.4 is 10.3 Å². The number of aromatic nitrogens is 3. The highest BCUT2D eigenvalue weighted by molar-refractivity contribution is 7.92. The lowest BCUT2D eigenvalue weighted by Crippen LogP contribution is -2.23. The van der Waals surface area contributed by atoms with E-state index in [1.165, 1.54) is 27.7 Å². The van der Waals surface area contributed by atoms with E-state index in [4.69, 9.17) is 0 Å².